The van der Waals surface area contributed by atoms with E-state index in [-0.39, 0.29) is 0 Å². The standard InChI is InChI=1S/C22H24N6/c23-19-17(5-1-3-15-7-11-27-12-8-15)20(24)22(26)18(21(19)25)6-2-4-16-9-13-28-14-10-16/h1-2,5-14H,3-4,23-26H2/b5-1+,6-2+. The molecule has 0 saturated heterocycles. The third-order valence-corrected chi connectivity index (χ3v) is 4.52. The highest BCUT2D eigenvalue weighted by molar-refractivity contribution is 5.97. The number of benzene rings is 1. The van der Waals surface area contributed by atoms with Gasteiger partial charge < -0.3 is 22.9 Å². The minimum absolute atomic E-state index is 0.432. The first-order chi connectivity index (χ1) is 13.6. The van der Waals surface area contributed by atoms with Gasteiger partial charge in [-0.3, -0.25) is 9.97 Å². The van der Waals surface area contributed by atoms with Crippen molar-refractivity contribution in [2.75, 3.05) is 22.9 Å². The Morgan fingerprint density at radius 2 is 0.893 bits per heavy atom. The van der Waals surface area contributed by atoms with E-state index in [1.807, 2.05) is 48.6 Å². The van der Waals surface area contributed by atoms with Gasteiger partial charge in [0.2, 0.25) is 0 Å². The maximum atomic E-state index is 6.25. The summed E-state index contributed by atoms with van der Waals surface area (Å²) in [5, 5.41) is 0. The summed E-state index contributed by atoms with van der Waals surface area (Å²) in [6.07, 6.45) is 16.2. The Morgan fingerprint density at radius 3 is 1.21 bits per heavy atom. The molecule has 0 fully saturated rings. The van der Waals surface area contributed by atoms with Gasteiger partial charge in [-0.15, -0.1) is 0 Å². The van der Waals surface area contributed by atoms with Crippen LogP contribution >= 0.6 is 0 Å². The number of anilines is 4. The molecule has 0 saturated carbocycles. The van der Waals surface area contributed by atoms with E-state index in [9.17, 15) is 0 Å². The molecule has 0 spiro atoms. The molecule has 6 nitrogen and oxygen atoms in total. The van der Waals surface area contributed by atoms with Crippen molar-refractivity contribution in [2.45, 2.75) is 12.8 Å². The lowest BCUT2D eigenvalue weighted by atomic mass is 9.99. The SMILES string of the molecule is Nc1c(N)c(/C=C/Cc2ccncc2)c(N)c(N)c1/C=C/Cc1ccncc1. The first kappa shape index (κ1) is 19.0. The highest BCUT2D eigenvalue weighted by atomic mass is 14.8. The minimum atomic E-state index is 0.432. The van der Waals surface area contributed by atoms with Crippen molar-refractivity contribution in [3.63, 3.8) is 0 Å². The average molecular weight is 372 g/mol. The molecule has 0 bridgehead atoms. The zero-order valence-corrected chi connectivity index (χ0v) is 15.5. The van der Waals surface area contributed by atoms with E-state index in [2.05, 4.69) is 9.97 Å². The fraction of sp³-hybridized carbons (Fsp3) is 0.0909. The summed E-state index contributed by atoms with van der Waals surface area (Å²) >= 11 is 0. The van der Waals surface area contributed by atoms with Crippen molar-refractivity contribution in [3.05, 3.63) is 83.5 Å². The highest BCUT2D eigenvalue weighted by Gasteiger charge is 2.14. The van der Waals surface area contributed by atoms with Crippen LogP contribution in [-0.2, 0) is 12.8 Å². The van der Waals surface area contributed by atoms with E-state index in [4.69, 9.17) is 22.9 Å². The fourth-order valence-corrected chi connectivity index (χ4v) is 2.89. The molecule has 0 amide bonds. The summed E-state index contributed by atoms with van der Waals surface area (Å²) in [6.45, 7) is 0. The number of aromatic nitrogens is 2. The van der Waals surface area contributed by atoms with E-state index in [1.165, 1.54) is 0 Å². The molecular formula is C22H24N6. The zero-order chi connectivity index (χ0) is 19.9. The molecule has 0 unspecified atom stereocenters. The van der Waals surface area contributed by atoms with Gasteiger partial charge in [0, 0.05) is 35.9 Å². The molecule has 2 heterocycles. The largest absolute Gasteiger partial charge is 0.396 e. The van der Waals surface area contributed by atoms with Crippen molar-refractivity contribution in [1.82, 2.24) is 9.97 Å². The highest BCUT2D eigenvalue weighted by Crippen LogP contribution is 2.38. The topological polar surface area (TPSA) is 130 Å². The lowest BCUT2D eigenvalue weighted by Crippen LogP contribution is -2.08. The van der Waals surface area contributed by atoms with Gasteiger partial charge in [0.05, 0.1) is 22.7 Å². The number of hydrogen-bond donors (Lipinski definition) is 4. The van der Waals surface area contributed by atoms with Crippen molar-refractivity contribution < 1.29 is 0 Å². The van der Waals surface area contributed by atoms with Gasteiger partial charge in [-0.2, -0.15) is 0 Å². The normalized spacial score (nSPS) is 11.4. The molecule has 2 aromatic heterocycles. The number of allylic oxidation sites excluding steroid dienone is 2. The third kappa shape index (κ3) is 4.29. The molecule has 142 valence electrons. The summed E-state index contributed by atoms with van der Waals surface area (Å²) in [5.74, 6) is 0. The first-order valence-electron chi connectivity index (χ1n) is 8.94. The molecule has 0 atom stereocenters. The van der Waals surface area contributed by atoms with Crippen molar-refractivity contribution >= 4 is 34.9 Å². The summed E-state index contributed by atoms with van der Waals surface area (Å²) in [5.41, 5.74) is 30.3. The van der Waals surface area contributed by atoms with Gasteiger partial charge in [-0.25, -0.2) is 0 Å². The van der Waals surface area contributed by atoms with Crippen LogP contribution in [0.4, 0.5) is 22.7 Å². The number of hydrogen-bond acceptors (Lipinski definition) is 6. The summed E-state index contributed by atoms with van der Waals surface area (Å²) in [7, 11) is 0. The van der Waals surface area contributed by atoms with Crippen LogP contribution in [0.15, 0.2) is 61.2 Å². The quantitative estimate of drug-likeness (QED) is 0.491. The van der Waals surface area contributed by atoms with Crippen molar-refractivity contribution in [2.24, 2.45) is 0 Å². The fourth-order valence-electron chi connectivity index (χ4n) is 2.89. The third-order valence-electron chi connectivity index (χ3n) is 4.52. The molecule has 1 aromatic carbocycles. The Balaban J connectivity index is 1.82. The monoisotopic (exact) mass is 372 g/mol. The molecule has 0 aliphatic heterocycles. The van der Waals surface area contributed by atoms with E-state index in [0.29, 0.717) is 33.9 Å². The van der Waals surface area contributed by atoms with Crippen LogP contribution in [0, 0.1) is 0 Å². The number of nitrogens with zero attached hydrogens (tertiary/aromatic N) is 2. The van der Waals surface area contributed by atoms with Gasteiger partial charge in [-0.1, -0.05) is 24.3 Å². The second kappa shape index (κ2) is 8.73. The van der Waals surface area contributed by atoms with Crippen LogP contribution in [0.2, 0.25) is 0 Å². The van der Waals surface area contributed by atoms with Crippen LogP contribution in [0.3, 0.4) is 0 Å². The van der Waals surface area contributed by atoms with Crippen LogP contribution < -0.4 is 22.9 Å². The minimum Gasteiger partial charge on any atom is -0.396 e. The second-order valence-corrected chi connectivity index (χ2v) is 6.41. The van der Waals surface area contributed by atoms with E-state index in [1.54, 1.807) is 24.8 Å². The Morgan fingerprint density at radius 1 is 0.571 bits per heavy atom. The second-order valence-electron chi connectivity index (χ2n) is 6.41. The number of pyridine rings is 2. The summed E-state index contributed by atoms with van der Waals surface area (Å²) in [4.78, 5) is 8.02. The van der Waals surface area contributed by atoms with Crippen LogP contribution in [0.5, 0.6) is 0 Å². The molecule has 8 N–H and O–H groups in total. The van der Waals surface area contributed by atoms with Gasteiger partial charge in [0.1, 0.15) is 0 Å². The average Bonchev–Trinajstić information content (AvgIpc) is 2.73. The maximum Gasteiger partial charge on any atom is 0.0649 e. The van der Waals surface area contributed by atoms with Gasteiger partial charge in [0.15, 0.2) is 0 Å². The van der Waals surface area contributed by atoms with Gasteiger partial charge in [0.25, 0.3) is 0 Å². The number of nitrogens with two attached hydrogens (primary N) is 4. The van der Waals surface area contributed by atoms with Crippen molar-refractivity contribution in [3.8, 4) is 0 Å². The molecule has 0 aliphatic carbocycles. The predicted octanol–water partition coefficient (Wildman–Crippen LogP) is 3.32. The smallest absolute Gasteiger partial charge is 0.0649 e. The summed E-state index contributed by atoms with van der Waals surface area (Å²) in [6, 6.07) is 7.82. The molecule has 3 aromatic rings. The van der Waals surface area contributed by atoms with Gasteiger partial charge >= 0.3 is 0 Å². The Hall–Kier alpha value is -3.80. The van der Waals surface area contributed by atoms with Gasteiger partial charge in [-0.05, 0) is 48.2 Å². The molecule has 6 heteroatoms. The lowest BCUT2D eigenvalue weighted by molar-refractivity contribution is 1.22. The maximum absolute atomic E-state index is 6.25. The Bertz CT molecular complexity index is 883. The van der Waals surface area contributed by atoms with Crippen LogP contribution in [-0.4, -0.2) is 9.97 Å². The molecule has 0 aliphatic rings. The number of rotatable bonds is 6. The molecule has 0 radical (unpaired) electrons. The Kier molecular flexibility index (Phi) is 5.91. The van der Waals surface area contributed by atoms with E-state index in [0.717, 1.165) is 24.0 Å². The van der Waals surface area contributed by atoms with Crippen LogP contribution in [0.25, 0.3) is 12.2 Å². The summed E-state index contributed by atoms with van der Waals surface area (Å²) < 4.78 is 0. The van der Waals surface area contributed by atoms with Crippen molar-refractivity contribution in [1.29, 1.82) is 0 Å². The zero-order valence-electron chi connectivity index (χ0n) is 15.5. The van der Waals surface area contributed by atoms with E-state index < -0.39 is 0 Å². The van der Waals surface area contributed by atoms with E-state index >= 15 is 0 Å². The van der Waals surface area contributed by atoms with Crippen LogP contribution in [0.1, 0.15) is 22.3 Å². The molecule has 28 heavy (non-hydrogen) atoms. The predicted molar refractivity (Wildman–Crippen MR) is 118 cm³/mol. The molecular weight excluding hydrogens is 348 g/mol. The lowest BCUT2D eigenvalue weighted by Gasteiger charge is -2.15. The Labute approximate surface area is 164 Å². The molecule has 3 rings (SSSR count). The first-order valence-corrected chi connectivity index (χ1v) is 8.94. The number of nitrogen functional groups attached to an aromatic ring is 4.